The number of anilines is 1. The standard InChI is InChI=1S/C12H10IN3O3/c1-6-2-3-7(4-8(6)13)16-11(17)9-10(12(18)19)15-5-14-9/h2-5H,1H3,(H,14,15)(H,16,17)(H,18,19). The molecule has 98 valence electrons. The van der Waals surface area contributed by atoms with Gasteiger partial charge in [-0.15, -0.1) is 0 Å². The number of nitrogens with one attached hydrogen (secondary N) is 2. The molecule has 19 heavy (non-hydrogen) atoms. The van der Waals surface area contributed by atoms with E-state index in [0.717, 1.165) is 9.13 Å². The van der Waals surface area contributed by atoms with Gasteiger partial charge in [-0.25, -0.2) is 9.78 Å². The number of halogens is 1. The highest BCUT2D eigenvalue weighted by atomic mass is 127. The smallest absolute Gasteiger partial charge is 0.354 e. The average Bonchev–Trinajstić information content (AvgIpc) is 2.83. The van der Waals surface area contributed by atoms with E-state index in [4.69, 9.17) is 5.11 Å². The van der Waals surface area contributed by atoms with Gasteiger partial charge in [0, 0.05) is 9.26 Å². The average molecular weight is 371 g/mol. The van der Waals surface area contributed by atoms with Crippen LogP contribution in [0.5, 0.6) is 0 Å². The maximum absolute atomic E-state index is 11.9. The fourth-order valence-corrected chi connectivity index (χ4v) is 2.01. The lowest BCUT2D eigenvalue weighted by Gasteiger charge is -2.06. The van der Waals surface area contributed by atoms with E-state index in [1.807, 2.05) is 13.0 Å². The summed E-state index contributed by atoms with van der Waals surface area (Å²) in [6.45, 7) is 1.96. The van der Waals surface area contributed by atoms with Gasteiger partial charge >= 0.3 is 5.97 Å². The first-order chi connectivity index (χ1) is 8.99. The van der Waals surface area contributed by atoms with Gasteiger partial charge in [-0.05, 0) is 47.2 Å². The fourth-order valence-electron chi connectivity index (χ4n) is 1.49. The third-order valence-corrected chi connectivity index (χ3v) is 3.66. The number of imidazole rings is 1. The zero-order valence-electron chi connectivity index (χ0n) is 9.90. The van der Waals surface area contributed by atoms with Crippen LogP contribution in [-0.2, 0) is 0 Å². The number of carboxylic acid groups (broad SMARTS) is 1. The number of aryl methyl sites for hydroxylation is 1. The highest BCUT2D eigenvalue weighted by Crippen LogP contribution is 2.18. The van der Waals surface area contributed by atoms with E-state index in [1.165, 1.54) is 6.33 Å². The molecule has 0 atom stereocenters. The number of carbonyl (C=O) groups excluding carboxylic acids is 1. The van der Waals surface area contributed by atoms with Crippen molar-refractivity contribution >= 4 is 40.2 Å². The highest BCUT2D eigenvalue weighted by Gasteiger charge is 2.19. The molecule has 0 fully saturated rings. The van der Waals surface area contributed by atoms with Crippen molar-refractivity contribution in [3.63, 3.8) is 0 Å². The Kier molecular flexibility index (Phi) is 3.84. The Morgan fingerprint density at radius 1 is 1.42 bits per heavy atom. The van der Waals surface area contributed by atoms with Crippen LogP contribution in [0.25, 0.3) is 0 Å². The van der Waals surface area contributed by atoms with Gasteiger partial charge in [0.15, 0.2) is 11.4 Å². The van der Waals surface area contributed by atoms with Gasteiger partial charge in [-0.2, -0.15) is 0 Å². The molecule has 6 nitrogen and oxygen atoms in total. The first-order valence-corrected chi connectivity index (χ1v) is 6.41. The molecule has 1 amide bonds. The fraction of sp³-hybridized carbons (Fsp3) is 0.0833. The van der Waals surface area contributed by atoms with E-state index in [9.17, 15) is 9.59 Å². The summed E-state index contributed by atoms with van der Waals surface area (Å²) in [4.78, 5) is 29.0. The summed E-state index contributed by atoms with van der Waals surface area (Å²) in [6, 6.07) is 5.43. The normalized spacial score (nSPS) is 10.2. The second-order valence-corrected chi connectivity index (χ2v) is 5.01. The molecule has 0 aliphatic heterocycles. The molecule has 0 saturated carbocycles. The summed E-state index contributed by atoms with van der Waals surface area (Å²) in [7, 11) is 0. The van der Waals surface area contributed by atoms with Crippen molar-refractivity contribution in [2.24, 2.45) is 0 Å². The number of hydrogen-bond donors (Lipinski definition) is 3. The maximum Gasteiger partial charge on any atom is 0.354 e. The zero-order valence-corrected chi connectivity index (χ0v) is 12.1. The number of aromatic carboxylic acids is 1. The van der Waals surface area contributed by atoms with Crippen LogP contribution in [0.4, 0.5) is 5.69 Å². The monoisotopic (exact) mass is 371 g/mol. The van der Waals surface area contributed by atoms with Gasteiger partial charge < -0.3 is 15.4 Å². The molecular formula is C12H10IN3O3. The minimum atomic E-state index is -1.22. The van der Waals surface area contributed by atoms with Crippen molar-refractivity contribution < 1.29 is 14.7 Å². The van der Waals surface area contributed by atoms with Crippen LogP contribution in [0.2, 0.25) is 0 Å². The lowest BCUT2D eigenvalue weighted by atomic mass is 10.2. The second-order valence-electron chi connectivity index (χ2n) is 3.85. The molecule has 7 heteroatoms. The summed E-state index contributed by atoms with van der Waals surface area (Å²) in [5, 5.41) is 11.5. The van der Waals surface area contributed by atoms with Crippen molar-refractivity contribution in [3.8, 4) is 0 Å². The number of hydrogen-bond acceptors (Lipinski definition) is 3. The van der Waals surface area contributed by atoms with Crippen LogP contribution in [0.3, 0.4) is 0 Å². The summed E-state index contributed by atoms with van der Waals surface area (Å²) < 4.78 is 1.01. The Morgan fingerprint density at radius 2 is 2.16 bits per heavy atom. The minimum absolute atomic E-state index is 0.136. The lowest BCUT2D eigenvalue weighted by molar-refractivity contribution is 0.0686. The quantitative estimate of drug-likeness (QED) is 0.722. The van der Waals surface area contributed by atoms with Crippen LogP contribution < -0.4 is 5.32 Å². The van der Waals surface area contributed by atoms with Crippen molar-refractivity contribution in [3.05, 3.63) is 45.0 Å². The summed E-state index contributed by atoms with van der Waals surface area (Å²) >= 11 is 2.16. The Balaban J connectivity index is 2.23. The molecule has 0 saturated heterocycles. The van der Waals surface area contributed by atoms with Crippen LogP contribution in [0.15, 0.2) is 24.5 Å². The predicted molar refractivity (Wildman–Crippen MR) is 77.4 cm³/mol. The number of aromatic amines is 1. The SMILES string of the molecule is Cc1ccc(NC(=O)c2nc[nH]c2C(=O)O)cc1I. The van der Waals surface area contributed by atoms with E-state index in [2.05, 4.69) is 37.9 Å². The van der Waals surface area contributed by atoms with E-state index < -0.39 is 11.9 Å². The molecule has 2 aromatic rings. The minimum Gasteiger partial charge on any atom is -0.477 e. The van der Waals surface area contributed by atoms with Gasteiger partial charge in [0.25, 0.3) is 5.91 Å². The van der Waals surface area contributed by atoms with Crippen molar-refractivity contribution in [1.82, 2.24) is 9.97 Å². The number of amides is 1. The molecule has 0 unspecified atom stereocenters. The van der Waals surface area contributed by atoms with E-state index >= 15 is 0 Å². The molecule has 0 aliphatic carbocycles. The van der Waals surface area contributed by atoms with Gasteiger partial charge in [-0.1, -0.05) is 6.07 Å². The van der Waals surface area contributed by atoms with Gasteiger partial charge in [0.05, 0.1) is 6.33 Å². The highest BCUT2D eigenvalue weighted by molar-refractivity contribution is 14.1. The van der Waals surface area contributed by atoms with Gasteiger partial charge in [0.2, 0.25) is 0 Å². The Labute approximate surface area is 122 Å². The number of benzene rings is 1. The largest absolute Gasteiger partial charge is 0.477 e. The zero-order chi connectivity index (χ0) is 14.0. The maximum atomic E-state index is 11.9. The summed E-state index contributed by atoms with van der Waals surface area (Å²) in [5.41, 5.74) is 1.34. The number of carboxylic acids is 1. The molecule has 2 rings (SSSR count). The van der Waals surface area contributed by atoms with Crippen LogP contribution >= 0.6 is 22.6 Å². The summed E-state index contributed by atoms with van der Waals surface area (Å²) in [6.07, 6.45) is 1.18. The third kappa shape index (κ3) is 2.92. The number of H-pyrrole nitrogens is 1. The topological polar surface area (TPSA) is 95.1 Å². The molecule has 0 spiro atoms. The van der Waals surface area contributed by atoms with Crippen molar-refractivity contribution in [2.45, 2.75) is 6.92 Å². The second kappa shape index (κ2) is 5.39. The first-order valence-electron chi connectivity index (χ1n) is 5.33. The number of rotatable bonds is 3. The molecule has 0 aliphatic rings. The number of nitrogens with zero attached hydrogens (tertiary/aromatic N) is 1. The Bertz CT molecular complexity index is 651. The van der Waals surface area contributed by atoms with Crippen molar-refractivity contribution in [2.75, 3.05) is 5.32 Å². The molecular weight excluding hydrogens is 361 g/mol. The van der Waals surface area contributed by atoms with E-state index in [0.29, 0.717) is 5.69 Å². The van der Waals surface area contributed by atoms with Crippen LogP contribution in [-0.4, -0.2) is 27.0 Å². The molecule has 1 aromatic carbocycles. The van der Waals surface area contributed by atoms with E-state index in [-0.39, 0.29) is 11.4 Å². The first kappa shape index (κ1) is 13.5. The molecule has 3 N–H and O–H groups in total. The van der Waals surface area contributed by atoms with Crippen molar-refractivity contribution in [1.29, 1.82) is 0 Å². The predicted octanol–water partition coefficient (Wildman–Crippen LogP) is 2.27. The molecule has 1 heterocycles. The van der Waals surface area contributed by atoms with Gasteiger partial charge in [-0.3, -0.25) is 4.79 Å². The lowest BCUT2D eigenvalue weighted by Crippen LogP contribution is -2.16. The molecule has 1 aromatic heterocycles. The Morgan fingerprint density at radius 3 is 2.79 bits per heavy atom. The molecule has 0 radical (unpaired) electrons. The summed E-state index contributed by atoms with van der Waals surface area (Å²) in [5.74, 6) is -1.78. The number of carbonyl (C=O) groups is 2. The third-order valence-electron chi connectivity index (χ3n) is 2.50. The van der Waals surface area contributed by atoms with Crippen LogP contribution in [0, 0.1) is 10.5 Å². The Hall–Kier alpha value is -1.90. The van der Waals surface area contributed by atoms with Crippen LogP contribution in [0.1, 0.15) is 26.5 Å². The van der Waals surface area contributed by atoms with E-state index in [1.54, 1.807) is 12.1 Å². The molecule has 0 bridgehead atoms. The van der Waals surface area contributed by atoms with Gasteiger partial charge in [0.1, 0.15) is 0 Å². The number of aromatic nitrogens is 2.